The van der Waals surface area contributed by atoms with E-state index in [0.29, 0.717) is 35.5 Å². The molecule has 0 aromatic heterocycles. The average molecular weight is 232 g/mol. The number of ether oxygens (including phenoxy) is 1. The van der Waals surface area contributed by atoms with Gasteiger partial charge in [0.1, 0.15) is 11.9 Å². The van der Waals surface area contributed by atoms with Crippen LogP contribution >= 0.6 is 0 Å². The van der Waals surface area contributed by atoms with Gasteiger partial charge in [0.25, 0.3) is 0 Å². The van der Waals surface area contributed by atoms with Gasteiger partial charge in [-0.1, -0.05) is 0 Å². The fourth-order valence-corrected chi connectivity index (χ4v) is 6.62. The Kier molecular flexibility index (Phi) is 1.01. The second-order valence-electron chi connectivity index (χ2n) is 7.71. The molecule has 0 bridgehead atoms. The Labute approximate surface area is 99.9 Å². The van der Waals surface area contributed by atoms with Crippen molar-refractivity contribution >= 4 is 12.3 Å². The molecule has 0 heterocycles. The quantitative estimate of drug-likeness (QED) is 0.532. The summed E-state index contributed by atoms with van der Waals surface area (Å²) >= 11 is 0. The summed E-state index contributed by atoms with van der Waals surface area (Å²) in [5.41, 5.74) is -0.434. The fourth-order valence-electron chi connectivity index (χ4n) is 6.62. The lowest BCUT2D eigenvalue weighted by atomic mass is 8.92. The highest BCUT2D eigenvalue weighted by molar-refractivity contribution is 5.93. The molecule has 0 atom stereocenters. The third kappa shape index (κ3) is 0.489. The molecule has 6 rings (SSSR count). The van der Waals surface area contributed by atoms with Gasteiger partial charge in [-0.05, 0) is 56.3 Å². The van der Waals surface area contributed by atoms with Crippen LogP contribution in [0.4, 0.5) is 0 Å². The third-order valence-electron chi connectivity index (χ3n) is 6.66. The Morgan fingerprint density at radius 1 is 1.06 bits per heavy atom. The van der Waals surface area contributed by atoms with E-state index in [1.165, 1.54) is 6.29 Å². The van der Waals surface area contributed by atoms with Crippen molar-refractivity contribution in [1.29, 1.82) is 0 Å². The fraction of sp³-hybridized carbons (Fsp3) is 0.857. The lowest BCUT2D eigenvalue weighted by Gasteiger charge is -3.09. The summed E-state index contributed by atoms with van der Waals surface area (Å²) in [6, 6.07) is 0. The van der Waals surface area contributed by atoms with E-state index in [-0.39, 0.29) is 22.4 Å². The Bertz CT molecular complexity index is 445. The molecule has 0 unspecified atom stereocenters. The van der Waals surface area contributed by atoms with E-state index < -0.39 is 0 Å². The van der Waals surface area contributed by atoms with E-state index in [2.05, 4.69) is 0 Å². The van der Waals surface area contributed by atoms with Crippen LogP contribution in [0.5, 0.6) is 0 Å². The predicted octanol–water partition coefficient (Wildman–Crippen LogP) is 1.26. The normalized spacial score (nSPS) is 66.3. The highest BCUT2D eigenvalue weighted by atomic mass is 16.6. The van der Waals surface area contributed by atoms with Gasteiger partial charge in [-0.15, -0.1) is 0 Å². The van der Waals surface area contributed by atoms with Crippen LogP contribution in [0.2, 0.25) is 0 Å². The van der Waals surface area contributed by atoms with E-state index in [1.807, 2.05) is 20.8 Å². The first-order valence-corrected chi connectivity index (χ1v) is 6.62. The van der Waals surface area contributed by atoms with Crippen LogP contribution in [-0.4, -0.2) is 17.9 Å². The number of hydrogen-bond acceptors (Lipinski definition) is 3. The maximum Gasteiger partial charge on any atom is 0.313 e. The first-order valence-electron chi connectivity index (χ1n) is 6.62. The monoisotopic (exact) mass is 232 g/mol. The number of rotatable bonds is 2. The Morgan fingerprint density at radius 2 is 1.53 bits per heavy atom. The molecule has 3 heteroatoms. The molecule has 0 aliphatic heterocycles. The van der Waals surface area contributed by atoms with Gasteiger partial charge in [0.2, 0.25) is 0 Å². The van der Waals surface area contributed by atoms with Crippen molar-refractivity contribution in [3.05, 3.63) is 0 Å². The number of carbonyl (C=O) groups excluding carboxylic acids is 2. The summed E-state index contributed by atoms with van der Waals surface area (Å²) in [5.74, 6) is 3.27. The van der Waals surface area contributed by atoms with Crippen molar-refractivity contribution < 1.29 is 14.3 Å². The van der Waals surface area contributed by atoms with Gasteiger partial charge in [-0.25, -0.2) is 0 Å². The van der Waals surface area contributed by atoms with Crippen LogP contribution in [0.25, 0.3) is 0 Å². The molecule has 0 aromatic carbocycles. The van der Waals surface area contributed by atoms with Crippen LogP contribution in [0.3, 0.4) is 0 Å². The van der Waals surface area contributed by atoms with E-state index in [1.54, 1.807) is 0 Å². The van der Waals surface area contributed by atoms with E-state index >= 15 is 0 Å². The summed E-state index contributed by atoms with van der Waals surface area (Å²) in [7, 11) is 0. The van der Waals surface area contributed by atoms with Gasteiger partial charge < -0.3 is 9.53 Å². The molecule has 6 aliphatic rings. The molecular formula is C14H16O3. The number of esters is 1. The minimum Gasteiger partial charge on any atom is -0.460 e. The van der Waals surface area contributed by atoms with Gasteiger partial charge in [0, 0.05) is 5.41 Å². The first kappa shape index (κ1) is 9.12. The molecule has 6 fully saturated rings. The Hall–Kier alpha value is -0.860. The van der Waals surface area contributed by atoms with E-state index in [0.717, 1.165) is 0 Å². The van der Waals surface area contributed by atoms with Gasteiger partial charge in [0.15, 0.2) is 0 Å². The molecular weight excluding hydrogens is 216 g/mol. The van der Waals surface area contributed by atoms with Crippen LogP contribution in [0.1, 0.15) is 20.8 Å². The summed E-state index contributed by atoms with van der Waals surface area (Å²) in [6.07, 6.45) is 1.20. The lowest BCUT2D eigenvalue weighted by Crippen LogP contribution is -3.11. The molecule has 90 valence electrons. The standard InChI is InChI=1S/C14H16O3/c1-12(2,3)17-11(16)14-8-5-9(14)7-10(14)6(8)13(5,7)4-15/h4-10H,1-3H3. The molecule has 6 saturated carbocycles. The average Bonchev–Trinajstić information content (AvgIpc) is 2.26. The first-order chi connectivity index (χ1) is 7.92. The Morgan fingerprint density at radius 3 is 1.88 bits per heavy atom. The smallest absolute Gasteiger partial charge is 0.313 e. The molecule has 0 radical (unpaired) electrons. The number of hydrogen-bond donors (Lipinski definition) is 0. The lowest BCUT2D eigenvalue weighted by molar-refractivity contribution is -0.624. The summed E-state index contributed by atoms with van der Waals surface area (Å²) in [5, 5.41) is 0. The van der Waals surface area contributed by atoms with Crippen molar-refractivity contribution in [2.75, 3.05) is 0 Å². The van der Waals surface area contributed by atoms with Gasteiger partial charge >= 0.3 is 5.97 Å². The summed E-state index contributed by atoms with van der Waals surface area (Å²) < 4.78 is 5.59. The molecule has 17 heavy (non-hydrogen) atoms. The predicted molar refractivity (Wildman–Crippen MR) is 57.7 cm³/mol. The zero-order valence-electron chi connectivity index (χ0n) is 10.3. The largest absolute Gasteiger partial charge is 0.460 e. The zero-order valence-corrected chi connectivity index (χ0v) is 10.3. The molecule has 0 N–H and O–H groups in total. The molecule has 3 nitrogen and oxygen atoms in total. The van der Waals surface area contributed by atoms with Crippen molar-refractivity contribution in [2.24, 2.45) is 46.3 Å². The van der Waals surface area contributed by atoms with Gasteiger partial charge in [0.05, 0.1) is 5.41 Å². The second kappa shape index (κ2) is 1.88. The maximum atomic E-state index is 12.3. The molecule has 6 aliphatic carbocycles. The number of aldehydes is 1. The molecule has 0 saturated heterocycles. The number of carbonyl (C=O) groups is 2. The summed E-state index contributed by atoms with van der Waals surface area (Å²) in [6.45, 7) is 5.79. The summed E-state index contributed by atoms with van der Waals surface area (Å²) in [4.78, 5) is 23.5. The molecule has 0 amide bonds. The minimum absolute atomic E-state index is 0.0351. The van der Waals surface area contributed by atoms with Crippen LogP contribution < -0.4 is 0 Å². The van der Waals surface area contributed by atoms with Crippen molar-refractivity contribution in [1.82, 2.24) is 0 Å². The Balaban J connectivity index is 1.45. The van der Waals surface area contributed by atoms with Crippen molar-refractivity contribution in [2.45, 2.75) is 26.4 Å². The highest BCUT2D eigenvalue weighted by Crippen LogP contribution is 3.09. The van der Waals surface area contributed by atoms with Crippen molar-refractivity contribution in [3.8, 4) is 0 Å². The van der Waals surface area contributed by atoms with Gasteiger partial charge in [-0.3, -0.25) is 4.79 Å². The van der Waals surface area contributed by atoms with E-state index in [9.17, 15) is 9.59 Å². The maximum absolute atomic E-state index is 12.3. The zero-order chi connectivity index (χ0) is 12.0. The van der Waals surface area contributed by atoms with Gasteiger partial charge in [-0.2, -0.15) is 0 Å². The van der Waals surface area contributed by atoms with E-state index in [4.69, 9.17) is 4.74 Å². The van der Waals surface area contributed by atoms with Crippen LogP contribution in [-0.2, 0) is 14.3 Å². The highest BCUT2D eigenvalue weighted by Gasteiger charge is 3.12. The molecule has 0 spiro atoms. The minimum atomic E-state index is -0.380. The topological polar surface area (TPSA) is 43.4 Å². The second-order valence-corrected chi connectivity index (χ2v) is 7.71. The van der Waals surface area contributed by atoms with Crippen molar-refractivity contribution in [3.63, 3.8) is 0 Å². The van der Waals surface area contributed by atoms with Crippen LogP contribution in [0, 0.1) is 46.3 Å². The van der Waals surface area contributed by atoms with Crippen LogP contribution in [0.15, 0.2) is 0 Å². The SMILES string of the molecule is CC(C)(C)OC(=O)C12C3C4C1C1C2C3C41C=O. The molecule has 0 aromatic rings. The third-order valence-corrected chi connectivity index (χ3v) is 6.66.